The van der Waals surface area contributed by atoms with Crippen molar-refractivity contribution < 1.29 is 14.6 Å². The Balaban J connectivity index is 1.71. The van der Waals surface area contributed by atoms with Crippen LogP contribution >= 0.6 is 24.0 Å². The number of aliphatic hydroxyl groups is 1. The highest BCUT2D eigenvalue weighted by Gasteiger charge is 2.35. The molecule has 1 aromatic rings. The number of anilines is 1. The molecule has 34 heavy (non-hydrogen) atoms. The van der Waals surface area contributed by atoms with Gasteiger partial charge in [0.15, 0.2) is 0 Å². The van der Waals surface area contributed by atoms with Gasteiger partial charge in [0, 0.05) is 51.9 Å². The van der Waals surface area contributed by atoms with Gasteiger partial charge in [0.05, 0.1) is 24.2 Å². The van der Waals surface area contributed by atoms with Crippen molar-refractivity contribution in [3.8, 4) is 6.07 Å². The Morgan fingerprint density at radius 1 is 1.29 bits per heavy atom. The monoisotopic (exact) mass is 503 g/mol. The van der Waals surface area contributed by atoms with Gasteiger partial charge in [-0.25, -0.2) is 0 Å². The lowest BCUT2D eigenvalue weighted by Gasteiger charge is -2.37. The summed E-state index contributed by atoms with van der Waals surface area (Å²) in [7, 11) is 1.66. The second-order valence-corrected chi connectivity index (χ2v) is 10.4. The summed E-state index contributed by atoms with van der Waals surface area (Å²) in [5, 5.41) is 18.9. The molecule has 3 aliphatic rings. The molecule has 0 radical (unpaired) electrons. The number of aromatic nitrogens is 1. The van der Waals surface area contributed by atoms with Crippen LogP contribution in [0.3, 0.4) is 0 Å². The van der Waals surface area contributed by atoms with Crippen molar-refractivity contribution in [3.63, 3.8) is 0 Å². The van der Waals surface area contributed by atoms with Gasteiger partial charge in [-0.15, -0.1) is 0 Å². The molecule has 0 spiro atoms. The van der Waals surface area contributed by atoms with Crippen LogP contribution in [0, 0.1) is 18.3 Å². The molecule has 0 saturated carbocycles. The number of hydrogen-bond donors (Lipinski definition) is 1. The summed E-state index contributed by atoms with van der Waals surface area (Å²) in [5.41, 5.74) is 0.969. The van der Waals surface area contributed by atoms with Gasteiger partial charge in [0.25, 0.3) is 11.5 Å². The zero-order valence-corrected chi connectivity index (χ0v) is 21.1. The number of carbonyl (C=O) groups excluding carboxylic acids is 1. The Morgan fingerprint density at radius 2 is 2.03 bits per heavy atom. The predicted molar refractivity (Wildman–Crippen MR) is 136 cm³/mol. The van der Waals surface area contributed by atoms with Crippen LogP contribution in [-0.4, -0.2) is 88.3 Å². The largest absolute Gasteiger partial charge is 0.395 e. The van der Waals surface area contributed by atoms with Gasteiger partial charge in [0.1, 0.15) is 21.8 Å². The topological polar surface area (TPSA) is 102 Å². The highest BCUT2D eigenvalue weighted by Crippen LogP contribution is 2.36. The van der Waals surface area contributed by atoms with E-state index in [0.717, 1.165) is 25.9 Å². The molecule has 1 unspecified atom stereocenters. The Labute approximate surface area is 208 Å². The molecule has 11 heteroatoms. The van der Waals surface area contributed by atoms with Gasteiger partial charge in [-0.3, -0.25) is 24.0 Å². The molecule has 182 valence electrons. The fourth-order valence-electron chi connectivity index (χ4n) is 4.70. The fraction of sp³-hybridized carbons (Fsp3) is 0.565. The minimum absolute atomic E-state index is 0.00268. The van der Waals surface area contributed by atoms with Gasteiger partial charge in [-0.2, -0.15) is 5.26 Å². The normalized spacial score (nSPS) is 22.8. The minimum Gasteiger partial charge on any atom is -0.395 e. The number of ether oxygens (including phenoxy) is 1. The third-order valence-electron chi connectivity index (χ3n) is 6.62. The third kappa shape index (κ3) is 4.78. The molecule has 4 rings (SSSR count). The van der Waals surface area contributed by atoms with Gasteiger partial charge in [0.2, 0.25) is 0 Å². The molecule has 3 aliphatic heterocycles. The Hall–Kier alpha value is -2.23. The molecule has 3 fully saturated rings. The van der Waals surface area contributed by atoms with Gasteiger partial charge < -0.3 is 14.7 Å². The second-order valence-electron chi connectivity index (χ2n) is 8.69. The highest BCUT2D eigenvalue weighted by molar-refractivity contribution is 8.26. The molecule has 0 aliphatic carbocycles. The Kier molecular flexibility index (Phi) is 7.74. The van der Waals surface area contributed by atoms with Crippen molar-refractivity contribution in [2.75, 3.05) is 57.4 Å². The van der Waals surface area contributed by atoms with Crippen LogP contribution in [0.15, 0.2) is 9.70 Å². The van der Waals surface area contributed by atoms with E-state index in [-0.39, 0.29) is 29.7 Å². The smallest absolute Gasteiger partial charge is 0.270 e. The van der Waals surface area contributed by atoms with Crippen molar-refractivity contribution in [1.82, 2.24) is 14.4 Å². The number of piperazine rings is 1. The number of amides is 1. The molecule has 9 nitrogen and oxygen atoms in total. The maximum Gasteiger partial charge on any atom is 0.270 e. The van der Waals surface area contributed by atoms with E-state index < -0.39 is 0 Å². The van der Waals surface area contributed by atoms with Crippen molar-refractivity contribution in [2.24, 2.45) is 7.05 Å². The average molecular weight is 504 g/mol. The second kappa shape index (κ2) is 10.6. The molecule has 4 heterocycles. The van der Waals surface area contributed by atoms with Crippen LogP contribution in [0.1, 0.15) is 29.5 Å². The molecule has 0 bridgehead atoms. The van der Waals surface area contributed by atoms with E-state index in [2.05, 4.69) is 9.80 Å². The van der Waals surface area contributed by atoms with Gasteiger partial charge in [-0.1, -0.05) is 24.0 Å². The van der Waals surface area contributed by atoms with Gasteiger partial charge >= 0.3 is 0 Å². The number of hydrogen-bond acceptors (Lipinski definition) is 9. The summed E-state index contributed by atoms with van der Waals surface area (Å²) in [5.74, 6) is 0.519. The maximum absolute atomic E-state index is 13.2. The van der Waals surface area contributed by atoms with Gasteiger partial charge in [-0.05, 0) is 31.4 Å². The molecule has 1 aromatic heterocycles. The lowest BCUT2D eigenvalue weighted by molar-refractivity contribution is -0.123. The first-order valence-electron chi connectivity index (χ1n) is 11.4. The first kappa shape index (κ1) is 24.9. The SMILES string of the molecule is Cc1c(C=C2SC(=S)N(CC3CCCO3)C2=O)c(N2CCN(CCO)CC2)n(C)c(=O)c1C#N. The fourth-order valence-corrected chi connectivity index (χ4v) is 5.96. The first-order valence-corrected chi connectivity index (χ1v) is 12.7. The van der Waals surface area contributed by atoms with E-state index in [1.807, 2.05) is 6.07 Å². The average Bonchev–Trinajstić information content (AvgIpc) is 3.43. The number of thiocarbonyl (C=S) groups is 1. The molecular formula is C23H29N5O4S2. The van der Waals surface area contributed by atoms with E-state index in [9.17, 15) is 20.0 Å². The van der Waals surface area contributed by atoms with E-state index in [1.54, 1.807) is 24.9 Å². The number of thioether (sulfide) groups is 1. The molecule has 1 amide bonds. The number of pyridine rings is 1. The molecule has 1 atom stereocenters. The lowest BCUT2D eigenvalue weighted by atomic mass is 10.0. The third-order valence-corrected chi connectivity index (χ3v) is 7.99. The number of nitriles is 1. The van der Waals surface area contributed by atoms with E-state index in [1.165, 1.54) is 16.3 Å². The number of rotatable bonds is 6. The minimum atomic E-state index is -0.351. The summed E-state index contributed by atoms with van der Waals surface area (Å²) < 4.78 is 7.69. The van der Waals surface area contributed by atoms with Crippen LogP contribution < -0.4 is 10.5 Å². The summed E-state index contributed by atoms with van der Waals surface area (Å²) in [6.07, 6.45) is 3.67. The van der Waals surface area contributed by atoms with Crippen LogP contribution in [0.25, 0.3) is 6.08 Å². The quantitative estimate of drug-likeness (QED) is 0.451. The summed E-state index contributed by atoms with van der Waals surface area (Å²) >= 11 is 6.74. The number of nitrogens with zero attached hydrogens (tertiary/aromatic N) is 5. The van der Waals surface area contributed by atoms with E-state index in [0.29, 0.717) is 59.0 Å². The highest BCUT2D eigenvalue weighted by atomic mass is 32.2. The molecule has 1 N–H and O–H groups in total. The summed E-state index contributed by atoms with van der Waals surface area (Å²) in [6, 6.07) is 2.04. The standard InChI is InChI=1S/C23H29N5O4S2/c1-15-17(12-19-22(31)28(23(33)34-19)14-16-4-3-11-32-16)20(25(2)21(30)18(15)13-24)27-7-5-26(6-8-27)9-10-29/h12,16,29H,3-11,14H2,1-2H3. The molecule has 0 aromatic carbocycles. The molecular weight excluding hydrogens is 474 g/mol. The zero-order chi connectivity index (χ0) is 24.4. The number of aliphatic hydroxyl groups excluding tert-OH is 1. The van der Waals surface area contributed by atoms with Crippen molar-refractivity contribution in [1.29, 1.82) is 5.26 Å². The van der Waals surface area contributed by atoms with E-state index in [4.69, 9.17) is 17.0 Å². The summed E-state index contributed by atoms with van der Waals surface area (Å²) in [6.45, 7) is 6.44. The van der Waals surface area contributed by atoms with Crippen molar-refractivity contribution in [3.05, 3.63) is 31.9 Å². The predicted octanol–water partition coefficient (Wildman–Crippen LogP) is 1.06. The lowest BCUT2D eigenvalue weighted by Crippen LogP contribution is -2.49. The first-order chi connectivity index (χ1) is 16.3. The van der Waals surface area contributed by atoms with Crippen LogP contribution in [0.5, 0.6) is 0 Å². The van der Waals surface area contributed by atoms with Crippen molar-refractivity contribution in [2.45, 2.75) is 25.9 Å². The van der Waals surface area contributed by atoms with E-state index >= 15 is 0 Å². The summed E-state index contributed by atoms with van der Waals surface area (Å²) in [4.78, 5) is 32.5. The van der Waals surface area contributed by atoms with Crippen LogP contribution in [-0.2, 0) is 16.6 Å². The maximum atomic E-state index is 13.2. The van der Waals surface area contributed by atoms with Crippen LogP contribution in [0.2, 0.25) is 0 Å². The van der Waals surface area contributed by atoms with Crippen LogP contribution in [0.4, 0.5) is 5.82 Å². The Bertz CT molecular complexity index is 1110. The number of carbonyl (C=O) groups is 1. The zero-order valence-electron chi connectivity index (χ0n) is 19.5. The van der Waals surface area contributed by atoms with Crippen molar-refractivity contribution >= 4 is 46.1 Å². The Morgan fingerprint density at radius 3 is 2.65 bits per heavy atom. The molecule has 3 saturated heterocycles. The number of β-amino-alcohol motifs (C(OH)–C–C–N with tert-alkyl or cyclic N) is 1.